The molecule has 0 aliphatic rings. The third-order valence-corrected chi connectivity index (χ3v) is 3.76. The van der Waals surface area contributed by atoms with E-state index in [4.69, 9.17) is 0 Å². The molecule has 0 aliphatic heterocycles. The summed E-state index contributed by atoms with van der Waals surface area (Å²) in [7, 11) is 0. The molecule has 2 rings (SSSR count). The van der Waals surface area contributed by atoms with Crippen molar-refractivity contribution in [1.29, 1.82) is 0 Å². The van der Waals surface area contributed by atoms with Gasteiger partial charge >= 0.3 is 0 Å². The molecule has 0 spiro atoms. The molecule has 0 fully saturated rings. The Morgan fingerprint density at radius 2 is 1.63 bits per heavy atom. The van der Waals surface area contributed by atoms with Crippen LogP contribution in [0.4, 0.5) is 0 Å². The third-order valence-electron chi connectivity index (χ3n) is 3.26. The van der Waals surface area contributed by atoms with Crippen molar-refractivity contribution in [2.45, 2.75) is 26.7 Å². The van der Waals surface area contributed by atoms with Crippen LogP contribution in [-0.4, -0.2) is 5.78 Å². The number of hydrogen-bond donors (Lipinski definition) is 0. The van der Waals surface area contributed by atoms with Crippen LogP contribution in [0.1, 0.15) is 22.3 Å². The first-order chi connectivity index (χ1) is 9.04. The maximum absolute atomic E-state index is 12.1. The van der Waals surface area contributed by atoms with Crippen LogP contribution in [0.5, 0.6) is 0 Å². The van der Waals surface area contributed by atoms with E-state index >= 15 is 0 Å². The van der Waals surface area contributed by atoms with Crippen LogP contribution in [0.25, 0.3) is 0 Å². The Balaban J connectivity index is 2.03. The zero-order valence-electron chi connectivity index (χ0n) is 11.2. The molecule has 0 amide bonds. The van der Waals surface area contributed by atoms with E-state index in [-0.39, 0.29) is 5.78 Å². The van der Waals surface area contributed by atoms with Crippen molar-refractivity contribution < 1.29 is 4.79 Å². The second kappa shape index (κ2) is 6.16. The number of Topliss-reactive ketones (excluding diaryl/α,β-unsaturated/α-hetero) is 1. The number of hydrogen-bond acceptors (Lipinski definition) is 1. The van der Waals surface area contributed by atoms with Crippen LogP contribution in [0.2, 0.25) is 0 Å². The molecule has 2 heteroatoms. The fourth-order valence-electron chi connectivity index (χ4n) is 2.08. The van der Waals surface area contributed by atoms with Gasteiger partial charge in [0.2, 0.25) is 0 Å². The number of carbonyl (C=O) groups is 1. The molecule has 1 nitrogen and oxygen atoms in total. The molecule has 0 unspecified atom stereocenters. The summed E-state index contributed by atoms with van der Waals surface area (Å²) in [6, 6.07) is 14.1. The van der Waals surface area contributed by atoms with Crippen molar-refractivity contribution >= 4 is 21.7 Å². The molecule has 2 aromatic rings. The minimum atomic E-state index is 0.251. The first kappa shape index (κ1) is 14.0. The lowest BCUT2D eigenvalue weighted by Crippen LogP contribution is -2.06. The van der Waals surface area contributed by atoms with E-state index in [1.165, 1.54) is 11.1 Å². The molecule has 19 heavy (non-hydrogen) atoms. The summed E-state index contributed by atoms with van der Waals surface area (Å²) in [5, 5.41) is 0. The van der Waals surface area contributed by atoms with Crippen LogP contribution in [0.15, 0.2) is 46.9 Å². The van der Waals surface area contributed by atoms with Crippen LogP contribution in [-0.2, 0) is 17.6 Å². The average Bonchev–Trinajstić information content (AvgIpc) is 2.34. The summed E-state index contributed by atoms with van der Waals surface area (Å²) in [6.45, 7) is 4.17. The molecule has 0 aromatic heterocycles. The second-order valence-electron chi connectivity index (χ2n) is 4.94. The quantitative estimate of drug-likeness (QED) is 0.816. The molecule has 0 saturated heterocycles. The number of benzene rings is 2. The minimum Gasteiger partial charge on any atom is -0.299 e. The van der Waals surface area contributed by atoms with Gasteiger partial charge in [-0.05, 0) is 48.2 Å². The molecule has 0 aliphatic carbocycles. The molecule has 98 valence electrons. The lowest BCUT2D eigenvalue weighted by Gasteiger charge is -2.05. The largest absolute Gasteiger partial charge is 0.299 e. The molecular formula is C17H17BrO. The molecule has 0 atom stereocenters. The Morgan fingerprint density at radius 3 is 2.26 bits per heavy atom. The van der Waals surface area contributed by atoms with Gasteiger partial charge in [-0.2, -0.15) is 0 Å². The fraction of sp³-hybridized carbons (Fsp3) is 0.235. The van der Waals surface area contributed by atoms with Gasteiger partial charge in [-0.15, -0.1) is 0 Å². The number of rotatable bonds is 4. The van der Waals surface area contributed by atoms with E-state index < -0.39 is 0 Å². The van der Waals surface area contributed by atoms with Gasteiger partial charge in [0.15, 0.2) is 0 Å². The smallest absolute Gasteiger partial charge is 0.141 e. The summed E-state index contributed by atoms with van der Waals surface area (Å²) >= 11 is 3.43. The van der Waals surface area contributed by atoms with Gasteiger partial charge in [0.05, 0.1) is 0 Å². The van der Waals surface area contributed by atoms with Gasteiger partial charge in [-0.25, -0.2) is 0 Å². The zero-order chi connectivity index (χ0) is 13.8. The van der Waals surface area contributed by atoms with Crippen molar-refractivity contribution in [2.75, 3.05) is 0 Å². The molecule has 0 radical (unpaired) electrons. The third kappa shape index (κ3) is 4.03. The van der Waals surface area contributed by atoms with Crippen LogP contribution in [0.3, 0.4) is 0 Å². The Labute approximate surface area is 122 Å². The van der Waals surface area contributed by atoms with Gasteiger partial charge in [0.1, 0.15) is 5.78 Å². The van der Waals surface area contributed by atoms with Crippen LogP contribution >= 0.6 is 15.9 Å². The zero-order valence-corrected chi connectivity index (χ0v) is 12.8. The highest BCUT2D eigenvalue weighted by atomic mass is 79.9. The average molecular weight is 317 g/mol. The van der Waals surface area contributed by atoms with Gasteiger partial charge in [0.25, 0.3) is 0 Å². The number of aryl methyl sites for hydroxylation is 2. The molecular weight excluding hydrogens is 300 g/mol. The standard InChI is InChI=1S/C17H17BrO/c1-12-6-7-15(8-13(12)2)11-17(19)10-14-4-3-5-16(18)9-14/h3-9H,10-11H2,1-2H3. The van der Waals surface area contributed by atoms with Gasteiger partial charge < -0.3 is 0 Å². The second-order valence-corrected chi connectivity index (χ2v) is 5.86. The Kier molecular flexibility index (Phi) is 4.54. The number of halogens is 1. The van der Waals surface area contributed by atoms with E-state index in [2.05, 4.69) is 41.9 Å². The SMILES string of the molecule is Cc1ccc(CC(=O)Cc2cccc(Br)c2)cc1C. The summed E-state index contributed by atoms with van der Waals surface area (Å²) in [6.07, 6.45) is 1.000. The van der Waals surface area contributed by atoms with Crippen LogP contribution in [0, 0.1) is 13.8 Å². The maximum atomic E-state index is 12.1. The molecule has 0 bridgehead atoms. The van der Waals surface area contributed by atoms with E-state index in [0.717, 1.165) is 15.6 Å². The summed E-state index contributed by atoms with van der Waals surface area (Å²) in [5.74, 6) is 0.251. The highest BCUT2D eigenvalue weighted by Gasteiger charge is 2.06. The number of carbonyl (C=O) groups excluding carboxylic acids is 1. The van der Waals surface area contributed by atoms with Crippen molar-refractivity contribution in [1.82, 2.24) is 0 Å². The predicted molar refractivity (Wildman–Crippen MR) is 82.5 cm³/mol. The molecule has 0 N–H and O–H groups in total. The molecule has 0 saturated carbocycles. The Hall–Kier alpha value is -1.41. The van der Waals surface area contributed by atoms with Gasteiger partial charge in [0, 0.05) is 17.3 Å². The highest BCUT2D eigenvalue weighted by molar-refractivity contribution is 9.10. The van der Waals surface area contributed by atoms with Crippen molar-refractivity contribution in [3.63, 3.8) is 0 Å². The Morgan fingerprint density at radius 1 is 0.947 bits per heavy atom. The Bertz CT molecular complexity index is 602. The maximum Gasteiger partial charge on any atom is 0.141 e. The van der Waals surface area contributed by atoms with E-state index in [9.17, 15) is 4.79 Å². The molecule has 0 heterocycles. The summed E-state index contributed by atoms with van der Waals surface area (Å²) in [5.41, 5.74) is 4.67. The lowest BCUT2D eigenvalue weighted by atomic mass is 10.00. The number of ketones is 1. The first-order valence-electron chi connectivity index (χ1n) is 6.37. The van der Waals surface area contributed by atoms with Crippen LogP contribution < -0.4 is 0 Å². The molecule has 2 aromatic carbocycles. The van der Waals surface area contributed by atoms with E-state index in [0.29, 0.717) is 12.8 Å². The monoisotopic (exact) mass is 316 g/mol. The van der Waals surface area contributed by atoms with Gasteiger partial charge in [-0.3, -0.25) is 4.79 Å². The predicted octanol–water partition coefficient (Wildman–Crippen LogP) is 4.42. The first-order valence-corrected chi connectivity index (χ1v) is 7.16. The minimum absolute atomic E-state index is 0.251. The summed E-state index contributed by atoms with van der Waals surface area (Å²) < 4.78 is 1.02. The van der Waals surface area contributed by atoms with E-state index in [1.54, 1.807) is 0 Å². The highest BCUT2D eigenvalue weighted by Crippen LogP contribution is 2.14. The van der Waals surface area contributed by atoms with Gasteiger partial charge in [-0.1, -0.05) is 46.3 Å². The normalized spacial score (nSPS) is 10.5. The van der Waals surface area contributed by atoms with Crippen molar-refractivity contribution in [3.8, 4) is 0 Å². The van der Waals surface area contributed by atoms with E-state index in [1.807, 2.05) is 30.3 Å². The summed E-state index contributed by atoms with van der Waals surface area (Å²) in [4.78, 5) is 12.1. The van der Waals surface area contributed by atoms with Crippen molar-refractivity contribution in [2.24, 2.45) is 0 Å². The van der Waals surface area contributed by atoms with Crippen molar-refractivity contribution in [3.05, 3.63) is 69.2 Å². The topological polar surface area (TPSA) is 17.1 Å². The fourth-order valence-corrected chi connectivity index (χ4v) is 2.52. The lowest BCUT2D eigenvalue weighted by molar-refractivity contribution is -0.117.